The highest BCUT2D eigenvalue weighted by molar-refractivity contribution is 5.89. The minimum Gasteiger partial charge on any atom is -0.462 e. The first kappa shape index (κ1) is 20.4. The Kier molecular flexibility index (Phi) is 6.29. The molecule has 2 aromatic carbocycles. The Morgan fingerprint density at radius 1 is 1.13 bits per heavy atom. The van der Waals surface area contributed by atoms with Gasteiger partial charge in [-0.1, -0.05) is 60.7 Å². The second-order valence-electron chi connectivity index (χ2n) is 8.00. The Hall–Kier alpha value is -2.92. The van der Waals surface area contributed by atoms with Crippen molar-refractivity contribution in [2.45, 2.75) is 44.0 Å². The molecule has 1 aliphatic carbocycles. The molecule has 1 heterocycles. The summed E-state index contributed by atoms with van der Waals surface area (Å²) >= 11 is 0. The number of carbonyl (C=O) groups is 2. The quantitative estimate of drug-likeness (QED) is 0.561. The van der Waals surface area contributed by atoms with Crippen molar-refractivity contribution >= 4 is 11.9 Å². The fraction of sp³-hybridized carbons (Fsp3) is 0.360. The molecule has 0 spiro atoms. The molecule has 1 aliphatic heterocycles. The standard InChI is InChI=1S/C25H26O5/c26-19(12-11-17-7-3-1-4-8-17)13-14-20-21-15-24(27)29-23(21)16-22(20)30-25(28)18-9-5-2-6-10-18/h1-10,13-14,19-23,26H,11-12,15-16H2/b14-13+/t19-,20-,21-,22+,23+/m0/s1. The summed E-state index contributed by atoms with van der Waals surface area (Å²) in [4.78, 5) is 24.3. The fourth-order valence-corrected chi connectivity index (χ4v) is 4.38. The first-order valence-electron chi connectivity index (χ1n) is 10.5. The summed E-state index contributed by atoms with van der Waals surface area (Å²) < 4.78 is 11.2. The number of aryl methyl sites for hydroxylation is 1. The summed E-state index contributed by atoms with van der Waals surface area (Å²) in [6.45, 7) is 0. The van der Waals surface area contributed by atoms with E-state index < -0.39 is 6.10 Å². The van der Waals surface area contributed by atoms with Crippen LogP contribution >= 0.6 is 0 Å². The van der Waals surface area contributed by atoms with E-state index in [0.717, 1.165) is 6.42 Å². The van der Waals surface area contributed by atoms with E-state index in [4.69, 9.17) is 9.47 Å². The number of rotatable bonds is 7. The molecule has 0 aromatic heterocycles. The van der Waals surface area contributed by atoms with Crippen molar-refractivity contribution in [3.05, 3.63) is 83.9 Å². The van der Waals surface area contributed by atoms with Crippen molar-refractivity contribution in [3.63, 3.8) is 0 Å². The average Bonchev–Trinajstić information content (AvgIpc) is 3.27. The number of hydrogen-bond donors (Lipinski definition) is 1. The second kappa shape index (κ2) is 9.26. The van der Waals surface area contributed by atoms with Crippen LogP contribution in [0.3, 0.4) is 0 Å². The van der Waals surface area contributed by atoms with Gasteiger partial charge in [0.05, 0.1) is 18.1 Å². The van der Waals surface area contributed by atoms with Crippen LogP contribution in [0.15, 0.2) is 72.8 Å². The van der Waals surface area contributed by atoms with Gasteiger partial charge in [-0.3, -0.25) is 4.79 Å². The summed E-state index contributed by atoms with van der Waals surface area (Å²) in [5.41, 5.74) is 1.67. The molecule has 2 aliphatic rings. The highest BCUT2D eigenvalue weighted by Gasteiger charge is 2.50. The average molecular weight is 406 g/mol. The second-order valence-corrected chi connectivity index (χ2v) is 8.00. The van der Waals surface area contributed by atoms with E-state index in [1.54, 1.807) is 30.3 Å². The van der Waals surface area contributed by atoms with E-state index >= 15 is 0 Å². The number of aliphatic hydroxyl groups is 1. The lowest BCUT2D eigenvalue weighted by atomic mass is 9.91. The van der Waals surface area contributed by atoms with Crippen LogP contribution in [0.4, 0.5) is 0 Å². The fourth-order valence-electron chi connectivity index (χ4n) is 4.38. The van der Waals surface area contributed by atoms with Gasteiger partial charge in [0.1, 0.15) is 12.2 Å². The van der Waals surface area contributed by atoms with Gasteiger partial charge in [0.25, 0.3) is 0 Å². The first-order valence-corrected chi connectivity index (χ1v) is 10.5. The maximum absolute atomic E-state index is 12.5. The largest absolute Gasteiger partial charge is 0.462 e. The Balaban J connectivity index is 1.41. The van der Waals surface area contributed by atoms with Crippen LogP contribution in [0.1, 0.15) is 35.2 Å². The number of aliphatic hydroxyl groups excluding tert-OH is 1. The molecule has 5 heteroatoms. The SMILES string of the molecule is O=C1C[C@H]2[C@H](/C=C/[C@@H](O)CCc3ccccc3)[C@H](OC(=O)c3ccccc3)C[C@H]2O1. The van der Waals surface area contributed by atoms with E-state index in [-0.39, 0.29) is 36.0 Å². The first-order chi connectivity index (χ1) is 14.6. The molecular formula is C25H26O5. The third kappa shape index (κ3) is 4.79. The number of benzene rings is 2. The Bertz CT molecular complexity index is 892. The van der Waals surface area contributed by atoms with Crippen molar-refractivity contribution < 1.29 is 24.2 Å². The van der Waals surface area contributed by atoms with E-state index in [9.17, 15) is 14.7 Å². The molecule has 30 heavy (non-hydrogen) atoms. The lowest BCUT2D eigenvalue weighted by molar-refractivity contribution is -0.141. The molecule has 1 saturated heterocycles. The molecule has 4 rings (SSSR count). The zero-order valence-electron chi connectivity index (χ0n) is 16.7. The summed E-state index contributed by atoms with van der Waals surface area (Å²) in [5, 5.41) is 10.4. The lowest BCUT2D eigenvalue weighted by Crippen LogP contribution is -2.25. The topological polar surface area (TPSA) is 72.8 Å². The van der Waals surface area contributed by atoms with Gasteiger partial charge >= 0.3 is 11.9 Å². The molecule has 0 unspecified atom stereocenters. The highest BCUT2D eigenvalue weighted by atomic mass is 16.6. The molecule has 5 atom stereocenters. The number of hydrogen-bond acceptors (Lipinski definition) is 5. The summed E-state index contributed by atoms with van der Waals surface area (Å²) in [6, 6.07) is 18.9. The van der Waals surface area contributed by atoms with Gasteiger partial charge in [0.15, 0.2) is 0 Å². The molecule has 2 fully saturated rings. The number of carbonyl (C=O) groups excluding carboxylic acids is 2. The molecular weight excluding hydrogens is 380 g/mol. The van der Waals surface area contributed by atoms with Crippen LogP contribution in [-0.2, 0) is 20.7 Å². The van der Waals surface area contributed by atoms with Crippen LogP contribution in [0.25, 0.3) is 0 Å². The van der Waals surface area contributed by atoms with Crippen molar-refractivity contribution in [2.24, 2.45) is 11.8 Å². The minimum absolute atomic E-state index is 0.0244. The van der Waals surface area contributed by atoms with Crippen LogP contribution in [0.2, 0.25) is 0 Å². The summed E-state index contributed by atoms with van der Waals surface area (Å²) in [6.07, 6.45) is 4.65. The molecule has 1 N–H and O–H groups in total. The molecule has 2 aromatic rings. The third-order valence-electron chi connectivity index (χ3n) is 5.95. The van der Waals surface area contributed by atoms with Gasteiger partial charge in [-0.15, -0.1) is 0 Å². The Morgan fingerprint density at radius 3 is 2.57 bits per heavy atom. The molecule has 0 radical (unpaired) electrons. The normalized spacial score (nSPS) is 26.4. The molecule has 0 amide bonds. The number of ether oxygens (including phenoxy) is 2. The lowest BCUT2D eigenvalue weighted by Gasteiger charge is -2.20. The van der Waals surface area contributed by atoms with Gasteiger partial charge < -0.3 is 14.6 Å². The Morgan fingerprint density at radius 2 is 1.83 bits per heavy atom. The predicted molar refractivity (Wildman–Crippen MR) is 112 cm³/mol. The van der Waals surface area contributed by atoms with Gasteiger partial charge in [-0.25, -0.2) is 4.79 Å². The zero-order valence-corrected chi connectivity index (χ0v) is 16.7. The Labute approximate surface area is 176 Å². The van der Waals surface area contributed by atoms with Gasteiger partial charge in [0, 0.05) is 18.3 Å². The molecule has 5 nitrogen and oxygen atoms in total. The van der Waals surface area contributed by atoms with E-state index in [1.165, 1.54) is 5.56 Å². The zero-order chi connectivity index (χ0) is 20.9. The summed E-state index contributed by atoms with van der Waals surface area (Å²) in [5.74, 6) is -0.764. The maximum Gasteiger partial charge on any atom is 0.338 e. The summed E-state index contributed by atoms with van der Waals surface area (Å²) in [7, 11) is 0. The van der Waals surface area contributed by atoms with E-state index in [0.29, 0.717) is 24.8 Å². The monoisotopic (exact) mass is 406 g/mol. The van der Waals surface area contributed by atoms with Crippen LogP contribution in [0, 0.1) is 11.8 Å². The van der Waals surface area contributed by atoms with Gasteiger partial charge in [0.2, 0.25) is 0 Å². The van der Waals surface area contributed by atoms with Crippen LogP contribution in [-0.4, -0.2) is 35.4 Å². The van der Waals surface area contributed by atoms with Gasteiger partial charge in [-0.05, 0) is 30.5 Å². The molecule has 0 bridgehead atoms. The highest BCUT2D eigenvalue weighted by Crippen LogP contribution is 2.43. The van der Waals surface area contributed by atoms with Crippen molar-refractivity contribution in [2.75, 3.05) is 0 Å². The van der Waals surface area contributed by atoms with E-state index in [2.05, 4.69) is 0 Å². The maximum atomic E-state index is 12.5. The van der Waals surface area contributed by atoms with Gasteiger partial charge in [-0.2, -0.15) is 0 Å². The number of esters is 2. The van der Waals surface area contributed by atoms with E-state index in [1.807, 2.05) is 42.5 Å². The predicted octanol–water partition coefficient (Wildman–Crippen LogP) is 3.71. The molecule has 156 valence electrons. The third-order valence-corrected chi connectivity index (χ3v) is 5.95. The van der Waals surface area contributed by atoms with Crippen molar-refractivity contribution in [1.82, 2.24) is 0 Å². The smallest absolute Gasteiger partial charge is 0.338 e. The molecule has 1 saturated carbocycles. The van der Waals surface area contributed by atoms with Crippen molar-refractivity contribution in [3.8, 4) is 0 Å². The minimum atomic E-state index is -0.604. The van der Waals surface area contributed by atoms with Crippen LogP contribution < -0.4 is 0 Å². The van der Waals surface area contributed by atoms with Crippen molar-refractivity contribution in [1.29, 1.82) is 0 Å². The number of fused-ring (bicyclic) bond motifs is 1. The van der Waals surface area contributed by atoms with Crippen LogP contribution in [0.5, 0.6) is 0 Å².